The molecule has 2 N–H and O–H groups in total. The average Bonchev–Trinajstić information content (AvgIpc) is 2.80. The Balaban J connectivity index is 2.03. The molecule has 3 atom stereocenters. The molecule has 0 saturated heterocycles. The lowest BCUT2D eigenvalue weighted by Crippen LogP contribution is -2.56. The van der Waals surface area contributed by atoms with Gasteiger partial charge in [-0.25, -0.2) is 0 Å². The molecule has 0 radical (unpaired) electrons. The van der Waals surface area contributed by atoms with Gasteiger partial charge in [-0.2, -0.15) is 0 Å². The fourth-order valence-corrected chi connectivity index (χ4v) is 6.07. The molecule has 2 heterocycles. The number of nitrogens with one attached hydrogen (secondary N) is 2. The van der Waals surface area contributed by atoms with Gasteiger partial charge in [-0.05, 0) is 29.5 Å². The van der Waals surface area contributed by atoms with E-state index in [-0.39, 0.29) is 24.7 Å². The Morgan fingerprint density at radius 2 is 1.80 bits per heavy atom. The van der Waals surface area contributed by atoms with Crippen molar-refractivity contribution in [2.45, 2.75) is 57.8 Å². The van der Waals surface area contributed by atoms with Crippen molar-refractivity contribution in [3.05, 3.63) is 47.5 Å². The standard InChI is InChI=1S/C25H33N3O5S2/c1-16(2)23-24(31)26-20-15-35-34-11-7-6-10-19(13-21(29)27-23)33-22(30)12-17-8-4-5-9-18(17)14-28(3)25(20)32/h4-6,8-10,16,19-20,23H,7,11-15H2,1-3H3,(H,26,31)(H,27,29)/t19-,20-,23-/m1/s1. The molecule has 190 valence electrons. The monoisotopic (exact) mass is 519 g/mol. The lowest BCUT2D eigenvalue weighted by atomic mass is 10.0. The topological polar surface area (TPSA) is 105 Å². The summed E-state index contributed by atoms with van der Waals surface area (Å²) >= 11 is 0. The largest absolute Gasteiger partial charge is 0.457 e. The molecule has 0 saturated carbocycles. The van der Waals surface area contributed by atoms with Crippen LogP contribution in [0.15, 0.2) is 36.4 Å². The molecule has 10 heteroatoms. The maximum absolute atomic E-state index is 13.4. The van der Waals surface area contributed by atoms with E-state index < -0.39 is 36.0 Å². The average molecular weight is 520 g/mol. The lowest BCUT2D eigenvalue weighted by Gasteiger charge is -2.28. The summed E-state index contributed by atoms with van der Waals surface area (Å²) in [7, 11) is 4.82. The molecular weight excluding hydrogens is 486 g/mol. The van der Waals surface area contributed by atoms with Gasteiger partial charge in [-0.15, -0.1) is 0 Å². The van der Waals surface area contributed by atoms with Crippen LogP contribution < -0.4 is 10.6 Å². The van der Waals surface area contributed by atoms with Crippen LogP contribution in [0.5, 0.6) is 0 Å². The maximum atomic E-state index is 13.4. The van der Waals surface area contributed by atoms with Crippen molar-refractivity contribution in [3.63, 3.8) is 0 Å². The minimum atomic E-state index is -0.820. The van der Waals surface area contributed by atoms with E-state index in [1.807, 2.05) is 44.2 Å². The predicted molar refractivity (Wildman–Crippen MR) is 138 cm³/mol. The zero-order valence-electron chi connectivity index (χ0n) is 20.3. The third-order valence-electron chi connectivity index (χ3n) is 5.82. The lowest BCUT2D eigenvalue weighted by molar-refractivity contribution is -0.147. The fraction of sp³-hybridized carbons (Fsp3) is 0.520. The summed E-state index contributed by atoms with van der Waals surface area (Å²) in [6, 6.07) is 5.84. The number of allylic oxidation sites excluding steroid dienone is 1. The highest BCUT2D eigenvalue weighted by Crippen LogP contribution is 2.24. The first-order valence-electron chi connectivity index (χ1n) is 11.8. The first-order valence-corrected chi connectivity index (χ1v) is 14.3. The first kappa shape index (κ1) is 27.1. The molecule has 3 amide bonds. The van der Waals surface area contributed by atoms with Crippen LogP contribution in [-0.2, 0) is 36.9 Å². The number of ether oxygens (including phenoxy) is 1. The first-order chi connectivity index (χ1) is 16.7. The van der Waals surface area contributed by atoms with Gasteiger partial charge in [0, 0.05) is 25.1 Å². The number of benzene rings is 1. The summed E-state index contributed by atoms with van der Waals surface area (Å²) < 4.78 is 5.68. The van der Waals surface area contributed by atoms with E-state index in [0.29, 0.717) is 12.3 Å². The smallest absolute Gasteiger partial charge is 0.310 e. The quantitative estimate of drug-likeness (QED) is 0.334. The maximum Gasteiger partial charge on any atom is 0.310 e. The summed E-state index contributed by atoms with van der Waals surface area (Å²) in [5.74, 6) is -0.510. The molecule has 3 rings (SSSR count). The van der Waals surface area contributed by atoms with Crippen LogP contribution in [0.2, 0.25) is 0 Å². The minimum Gasteiger partial charge on any atom is -0.457 e. The second-order valence-electron chi connectivity index (χ2n) is 9.05. The summed E-state index contributed by atoms with van der Waals surface area (Å²) in [6.45, 7) is 3.96. The van der Waals surface area contributed by atoms with Gasteiger partial charge < -0.3 is 20.3 Å². The SMILES string of the molecule is CC(C)[C@H]1NC(=O)C[C@H]2C=CCCSSC[C@@H](NC1=O)C(=O)N(C)Cc1ccccc1CC(=O)O2. The van der Waals surface area contributed by atoms with E-state index >= 15 is 0 Å². The Bertz CT molecular complexity index is 968. The van der Waals surface area contributed by atoms with Crippen LogP contribution in [0.1, 0.15) is 37.8 Å². The van der Waals surface area contributed by atoms with Crippen molar-refractivity contribution in [1.82, 2.24) is 15.5 Å². The van der Waals surface area contributed by atoms with Crippen molar-refractivity contribution >= 4 is 45.3 Å². The highest BCUT2D eigenvalue weighted by Gasteiger charge is 2.31. The van der Waals surface area contributed by atoms with Gasteiger partial charge in [0.1, 0.15) is 18.2 Å². The predicted octanol–water partition coefficient (Wildman–Crippen LogP) is 2.47. The number of amides is 3. The number of hydrogen-bond acceptors (Lipinski definition) is 7. The Kier molecular flexibility index (Phi) is 10.1. The summed E-state index contributed by atoms with van der Waals surface area (Å²) in [5.41, 5.74) is 1.58. The molecule has 0 fully saturated rings. The zero-order valence-corrected chi connectivity index (χ0v) is 22.0. The Labute approximate surface area is 214 Å². The van der Waals surface area contributed by atoms with E-state index in [2.05, 4.69) is 10.6 Å². The number of hydrogen-bond donors (Lipinski definition) is 2. The van der Waals surface area contributed by atoms with Crippen molar-refractivity contribution in [2.75, 3.05) is 18.6 Å². The van der Waals surface area contributed by atoms with Crippen molar-refractivity contribution in [3.8, 4) is 0 Å². The molecule has 0 aromatic heterocycles. The third kappa shape index (κ3) is 8.03. The fourth-order valence-electron chi connectivity index (χ4n) is 3.92. The van der Waals surface area contributed by atoms with E-state index in [1.54, 1.807) is 28.8 Å². The molecule has 0 aliphatic carbocycles. The number of esters is 1. The molecule has 1 aromatic carbocycles. The van der Waals surface area contributed by atoms with Crippen LogP contribution in [0.4, 0.5) is 0 Å². The number of carbonyl (C=O) groups is 4. The molecular formula is C25H33N3O5S2. The number of likely N-dealkylation sites (N-methyl/N-ethyl adjacent to an activating group) is 1. The Morgan fingerprint density at radius 1 is 1.06 bits per heavy atom. The van der Waals surface area contributed by atoms with Gasteiger partial charge in [0.25, 0.3) is 0 Å². The van der Waals surface area contributed by atoms with Crippen LogP contribution in [0, 0.1) is 5.92 Å². The molecule has 8 nitrogen and oxygen atoms in total. The minimum absolute atomic E-state index is 0.0324. The molecule has 1 aromatic rings. The molecule has 2 aliphatic rings. The van der Waals surface area contributed by atoms with Gasteiger partial charge in [0.15, 0.2) is 0 Å². The van der Waals surface area contributed by atoms with Gasteiger partial charge in [-0.3, -0.25) is 19.2 Å². The molecule has 0 unspecified atom stereocenters. The van der Waals surface area contributed by atoms with Gasteiger partial charge >= 0.3 is 5.97 Å². The van der Waals surface area contributed by atoms with Crippen molar-refractivity contribution in [2.24, 2.45) is 5.92 Å². The van der Waals surface area contributed by atoms with Crippen LogP contribution in [0.25, 0.3) is 0 Å². The molecule has 0 spiro atoms. The summed E-state index contributed by atoms with van der Waals surface area (Å²) in [6.07, 6.45) is 3.58. The highest BCUT2D eigenvalue weighted by molar-refractivity contribution is 8.76. The van der Waals surface area contributed by atoms with Crippen molar-refractivity contribution < 1.29 is 23.9 Å². The van der Waals surface area contributed by atoms with Crippen LogP contribution in [0.3, 0.4) is 0 Å². The second kappa shape index (κ2) is 13.0. The highest BCUT2D eigenvalue weighted by atomic mass is 33.1. The zero-order chi connectivity index (χ0) is 25.4. The molecule has 2 bridgehead atoms. The molecule has 35 heavy (non-hydrogen) atoms. The van der Waals surface area contributed by atoms with Crippen LogP contribution >= 0.6 is 21.6 Å². The van der Waals surface area contributed by atoms with Crippen LogP contribution in [-0.4, -0.2) is 65.3 Å². The number of nitrogens with zero attached hydrogens (tertiary/aromatic N) is 1. The third-order valence-corrected chi connectivity index (χ3v) is 8.27. The Hall–Kier alpha value is -2.46. The van der Waals surface area contributed by atoms with Crippen molar-refractivity contribution in [1.29, 1.82) is 0 Å². The normalized spacial score (nSPS) is 25.4. The van der Waals surface area contributed by atoms with Gasteiger partial charge in [0.05, 0.1) is 12.8 Å². The number of rotatable bonds is 1. The second-order valence-corrected chi connectivity index (χ2v) is 11.7. The molecule has 2 aliphatic heterocycles. The summed E-state index contributed by atoms with van der Waals surface area (Å²) in [4.78, 5) is 53.9. The Morgan fingerprint density at radius 3 is 2.54 bits per heavy atom. The van der Waals surface area contributed by atoms with Gasteiger partial charge in [-0.1, -0.05) is 65.8 Å². The van der Waals surface area contributed by atoms with E-state index in [1.165, 1.54) is 10.8 Å². The van der Waals surface area contributed by atoms with E-state index in [4.69, 9.17) is 4.74 Å². The van der Waals surface area contributed by atoms with E-state index in [9.17, 15) is 19.2 Å². The summed E-state index contributed by atoms with van der Waals surface area (Å²) in [5, 5.41) is 5.66. The van der Waals surface area contributed by atoms with Gasteiger partial charge in [0.2, 0.25) is 17.7 Å². The number of fused-ring (bicyclic) bond motifs is 8. The van der Waals surface area contributed by atoms with E-state index in [0.717, 1.165) is 23.3 Å². The number of carbonyl (C=O) groups excluding carboxylic acids is 4.